The van der Waals surface area contributed by atoms with Crippen LogP contribution in [0.1, 0.15) is 22.6 Å². The maximum atomic E-state index is 12.0. The number of methoxy groups -OCH3 is 3. The van der Waals surface area contributed by atoms with Gasteiger partial charge in [-0.25, -0.2) is 0 Å². The van der Waals surface area contributed by atoms with Crippen molar-refractivity contribution in [2.24, 2.45) is 5.92 Å². The van der Waals surface area contributed by atoms with E-state index in [1.54, 1.807) is 18.2 Å². The molecule has 7 nitrogen and oxygen atoms in total. The van der Waals surface area contributed by atoms with Crippen molar-refractivity contribution in [3.05, 3.63) is 47.0 Å². The van der Waals surface area contributed by atoms with Gasteiger partial charge in [-0.3, -0.25) is 4.79 Å². The van der Waals surface area contributed by atoms with E-state index >= 15 is 0 Å². The minimum atomic E-state index is -0.918. The molecule has 1 aliphatic carbocycles. The summed E-state index contributed by atoms with van der Waals surface area (Å²) in [6.45, 7) is 0.152. The van der Waals surface area contributed by atoms with Gasteiger partial charge in [-0.1, -0.05) is 12.2 Å². The van der Waals surface area contributed by atoms with Gasteiger partial charge in [0.15, 0.2) is 23.0 Å². The molecule has 1 N–H and O–H groups in total. The van der Waals surface area contributed by atoms with Crippen molar-refractivity contribution in [1.29, 1.82) is 0 Å². The van der Waals surface area contributed by atoms with Crippen LogP contribution in [0, 0.1) is 5.92 Å². The van der Waals surface area contributed by atoms with E-state index in [0.717, 1.165) is 16.7 Å². The molecule has 0 amide bonds. The van der Waals surface area contributed by atoms with Crippen LogP contribution in [0.3, 0.4) is 0 Å². The van der Waals surface area contributed by atoms with Gasteiger partial charge in [0.05, 0.1) is 27.2 Å². The van der Waals surface area contributed by atoms with E-state index in [4.69, 9.17) is 23.7 Å². The molecule has 0 saturated carbocycles. The highest BCUT2D eigenvalue weighted by atomic mass is 16.7. The minimum Gasteiger partial charge on any atom is -0.493 e. The molecule has 1 aliphatic heterocycles. The van der Waals surface area contributed by atoms with Crippen LogP contribution < -0.4 is 23.7 Å². The Hall–Kier alpha value is -3.35. The summed E-state index contributed by atoms with van der Waals surface area (Å²) in [7, 11) is 4.59. The van der Waals surface area contributed by atoms with Crippen LogP contribution in [-0.2, 0) is 4.79 Å². The van der Waals surface area contributed by atoms with Gasteiger partial charge in [0.1, 0.15) is 0 Å². The number of hydrogen-bond acceptors (Lipinski definition) is 6. The van der Waals surface area contributed by atoms with Crippen LogP contribution in [-0.4, -0.2) is 39.2 Å². The van der Waals surface area contributed by atoms with Crippen molar-refractivity contribution >= 4 is 12.0 Å². The number of ether oxygens (including phenoxy) is 5. The Kier molecular flexibility index (Phi) is 4.50. The van der Waals surface area contributed by atoms with E-state index in [2.05, 4.69) is 0 Å². The normalized spacial score (nSPS) is 19.1. The van der Waals surface area contributed by atoms with E-state index in [1.807, 2.05) is 18.2 Å². The van der Waals surface area contributed by atoms with Crippen molar-refractivity contribution in [2.75, 3.05) is 28.1 Å². The maximum Gasteiger partial charge on any atom is 0.311 e. The van der Waals surface area contributed by atoms with Gasteiger partial charge in [0.2, 0.25) is 12.5 Å². The summed E-state index contributed by atoms with van der Waals surface area (Å²) >= 11 is 0. The van der Waals surface area contributed by atoms with Crippen molar-refractivity contribution in [2.45, 2.75) is 5.92 Å². The predicted molar refractivity (Wildman–Crippen MR) is 101 cm³/mol. The fraction of sp³-hybridized carbons (Fsp3) is 0.286. The third-order valence-corrected chi connectivity index (χ3v) is 5.09. The van der Waals surface area contributed by atoms with Crippen molar-refractivity contribution in [1.82, 2.24) is 0 Å². The first-order valence-corrected chi connectivity index (χ1v) is 8.71. The van der Waals surface area contributed by atoms with Gasteiger partial charge in [-0.15, -0.1) is 0 Å². The third kappa shape index (κ3) is 2.79. The Morgan fingerprint density at radius 1 is 1.00 bits per heavy atom. The molecule has 0 spiro atoms. The molecule has 28 heavy (non-hydrogen) atoms. The van der Waals surface area contributed by atoms with Gasteiger partial charge in [-0.2, -0.15) is 0 Å². The smallest absolute Gasteiger partial charge is 0.311 e. The second-order valence-electron chi connectivity index (χ2n) is 6.49. The second-order valence-corrected chi connectivity index (χ2v) is 6.49. The average molecular weight is 384 g/mol. The van der Waals surface area contributed by atoms with Gasteiger partial charge in [0.25, 0.3) is 0 Å². The first-order chi connectivity index (χ1) is 13.6. The van der Waals surface area contributed by atoms with Crippen LogP contribution in [0.25, 0.3) is 6.08 Å². The number of rotatable bonds is 5. The minimum absolute atomic E-state index is 0.152. The molecule has 7 heteroatoms. The van der Waals surface area contributed by atoms with Crippen molar-refractivity contribution in [3.63, 3.8) is 0 Å². The fourth-order valence-corrected chi connectivity index (χ4v) is 3.79. The second kappa shape index (κ2) is 6.99. The molecule has 146 valence electrons. The third-order valence-electron chi connectivity index (χ3n) is 5.09. The quantitative estimate of drug-likeness (QED) is 0.847. The van der Waals surface area contributed by atoms with E-state index < -0.39 is 17.8 Å². The van der Waals surface area contributed by atoms with E-state index in [0.29, 0.717) is 28.7 Å². The Balaban J connectivity index is 1.92. The maximum absolute atomic E-state index is 12.0. The van der Waals surface area contributed by atoms with Crippen LogP contribution in [0.15, 0.2) is 30.3 Å². The lowest BCUT2D eigenvalue weighted by molar-refractivity contribution is -0.140. The lowest BCUT2D eigenvalue weighted by atomic mass is 9.75. The van der Waals surface area contributed by atoms with Crippen LogP contribution >= 0.6 is 0 Å². The van der Waals surface area contributed by atoms with E-state index in [9.17, 15) is 9.90 Å². The summed E-state index contributed by atoms with van der Waals surface area (Å²) in [4.78, 5) is 12.0. The number of aliphatic carboxylic acids is 1. The monoisotopic (exact) mass is 384 g/mol. The Labute approximate surface area is 162 Å². The molecule has 0 radical (unpaired) electrons. The zero-order valence-electron chi connectivity index (χ0n) is 15.7. The van der Waals surface area contributed by atoms with Gasteiger partial charge >= 0.3 is 5.97 Å². The lowest BCUT2D eigenvalue weighted by Crippen LogP contribution is -2.24. The number of hydrogen-bond donors (Lipinski definition) is 1. The molecule has 0 saturated heterocycles. The van der Waals surface area contributed by atoms with Crippen LogP contribution in [0.2, 0.25) is 0 Å². The molecule has 1 heterocycles. The topological polar surface area (TPSA) is 83.5 Å². The largest absolute Gasteiger partial charge is 0.493 e. The molecular formula is C21H20O7. The fourth-order valence-electron chi connectivity index (χ4n) is 3.79. The molecule has 2 aromatic carbocycles. The van der Waals surface area contributed by atoms with E-state index in [1.165, 1.54) is 21.3 Å². The number of fused-ring (bicyclic) bond motifs is 2. The SMILES string of the molecule is COc1cc([C@@H]2c3cc4c(cc3C=C[C@H]2C(=O)O)OCO4)cc(OC)c1OC. The molecule has 2 aromatic rings. The standard InChI is InChI=1S/C21H20O7/c1-24-17-7-12(8-18(25-2)20(17)26-3)19-13(21(22)23)5-4-11-6-15-16(9-14(11)19)28-10-27-15/h4-9,13,19H,10H2,1-3H3,(H,22,23)/t13-,19+/m1/s1. The molecule has 2 aliphatic rings. The molecule has 0 bridgehead atoms. The van der Waals surface area contributed by atoms with Gasteiger partial charge < -0.3 is 28.8 Å². The summed E-state index contributed by atoms with van der Waals surface area (Å²) in [6, 6.07) is 7.30. The Morgan fingerprint density at radius 2 is 1.64 bits per heavy atom. The predicted octanol–water partition coefficient (Wildman–Crippen LogP) is 3.30. The lowest BCUT2D eigenvalue weighted by Gasteiger charge is -2.29. The highest BCUT2D eigenvalue weighted by molar-refractivity contribution is 5.80. The van der Waals surface area contributed by atoms with Crippen LogP contribution in [0.5, 0.6) is 28.7 Å². The Bertz CT molecular complexity index is 938. The first kappa shape index (κ1) is 18.0. The van der Waals surface area contributed by atoms with Crippen molar-refractivity contribution in [3.8, 4) is 28.7 Å². The average Bonchev–Trinajstić information content (AvgIpc) is 3.17. The zero-order chi connectivity index (χ0) is 19.8. The number of carboxylic acid groups (broad SMARTS) is 1. The zero-order valence-corrected chi connectivity index (χ0v) is 15.7. The molecule has 4 rings (SSSR count). The summed E-state index contributed by atoms with van der Waals surface area (Å²) in [5.41, 5.74) is 2.47. The van der Waals surface area contributed by atoms with E-state index in [-0.39, 0.29) is 6.79 Å². The number of carbonyl (C=O) groups is 1. The highest BCUT2D eigenvalue weighted by Gasteiger charge is 2.35. The molecule has 0 fully saturated rings. The van der Waals surface area contributed by atoms with Crippen molar-refractivity contribution < 1.29 is 33.6 Å². The number of benzene rings is 2. The molecular weight excluding hydrogens is 364 g/mol. The molecule has 0 unspecified atom stereocenters. The summed E-state index contributed by atoms with van der Waals surface area (Å²) in [5.74, 6) is 0.528. The summed E-state index contributed by atoms with van der Waals surface area (Å²) < 4.78 is 27.3. The summed E-state index contributed by atoms with van der Waals surface area (Å²) in [5, 5.41) is 9.85. The highest BCUT2D eigenvalue weighted by Crippen LogP contribution is 2.48. The van der Waals surface area contributed by atoms with Gasteiger partial charge in [0, 0.05) is 5.92 Å². The Morgan fingerprint density at radius 3 is 2.21 bits per heavy atom. The molecule has 0 aromatic heterocycles. The summed E-state index contributed by atoms with van der Waals surface area (Å²) in [6.07, 6.45) is 3.51. The number of carboxylic acids is 1. The van der Waals surface area contributed by atoms with Gasteiger partial charge in [-0.05, 0) is 41.0 Å². The first-order valence-electron chi connectivity index (χ1n) is 8.71. The molecule has 2 atom stereocenters. The van der Waals surface area contributed by atoms with Crippen LogP contribution in [0.4, 0.5) is 0 Å².